The Morgan fingerprint density at radius 3 is 2.44 bits per heavy atom. The van der Waals surface area contributed by atoms with E-state index in [1.807, 2.05) is 0 Å². The van der Waals surface area contributed by atoms with Gasteiger partial charge in [-0.25, -0.2) is 4.79 Å². The summed E-state index contributed by atoms with van der Waals surface area (Å²) in [6, 6.07) is 0. The van der Waals surface area contributed by atoms with E-state index in [2.05, 4.69) is 33.9 Å². The predicted molar refractivity (Wildman–Crippen MR) is 92.3 cm³/mol. The molecule has 0 radical (unpaired) electrons. The number of carbonyl (C=O) groups excluding carboxylic acids is 2. The van der Waals surface area contributed by atoms with Crippen LogP contribution in [0.5, 0.6) is 0 Å². The fourth-order valence-electron chi connectivity index (χ4n) is 5.16. The largest absolute Gasteiger partial charge is 0.494 e. The number of rotatable bonds is 5. The molecule has 0 N–H and O–H groups in total. The Balaban J connectivity index is 1.64. The molecular weight excluding hydrogens is 320 g/mol. The molecule has 5 nitrogen and oxygen atoms in total. The van der Waals surface area contributed by atoms with E-state index in [-0.39, 0.29) is 48.5 Å². The molecule has 25 heavy (non-hydrogen) atoms. The second kappa shape index (κ2) is 6.19. The number of fused-ring (bicyclic) bond motifs is 1. The van der Waals surface area contributed by atoms with Crippen LogP contribution in [0.3, 0.4) is 0 Å². The quantitative estimate of drug-likeness (QED) is 0.434. The summed E-state index contributed by atoms with van der Waals surface area (Å²) in [6.45, 7) is 15.9. The van der Waals surface area contributed by atoms with Crippen LogP contribution in [-0.2, 0) is 23.8 Å². The Morgan fingerprint density at radius 1 is 1.20 bits per heavy atom. The molecule has 1 saturated heterocycles. The van der Waals surface area contributed by atoms with Crippen LogP contribution in [0.1, 0.15) is 34.1 Å². The lowest BCUT2D eigenvalue weighted by atomic mass is 9.65. The third-order valence-electron chi connectivity index (χ3n) is 5.93. The van der Waals surface area contributed by atoms with Crippen LogP contribution in [0.2, 0.25) is 0 Å². The van der Waals surface area contributed by atoms with Crippen LogP contribution in [0.4, 0.5) is 0 Å². The molecule has 3 rings (SSSR count). The standard InChI is InChI=1S/C20H28O5/c1-10(2)18(21)23-7-8-24-19(22)15-12-9-13-14(15)11(3)25-17(13)16(12)20(4,5)6/h12-17H,1,3,7-9H2,2,4-6H3. The number of hydrogen-bond acceptors (Lipinski definition) is 5. The Kier molecular flexibility index (Phi) is 4.46. The average Bonchev–Trinajstić information content (AvgIpc) is 3.10. The monoisotopic (exact) mass is 348 g/mol. The van der Waals surface area contributed by atoms with Crippen LogP contribution in [-0.4, -0.2) is 31.3 Å². The van der Waals surface area contributed by atoms with Crippen molar-refractivity contribution in [3.05, 3.63) is 24.5 Å². The molecule has 1 aliphatic heterocycles. The zero-order chi connectivity index (χ0) is 18.5. The SMILES string of the molecule is C=C(C)C(=O)OCCOC(=O)C1C2CC3C(OC(=C)C31)C2C(C)(C)C. The Bertz CT molecular complexity index is 614. The minimum absolute atomic E-state index is 0.0473. The molecule has 5 heteroatoms. The first-order valence-electron chi connectivity index (χ1n) is 8.97. The Hall–Kier alpha value is -1.78. The van der Waals surface area contributed by atoms with Gasteiger partial charge in [-0.2, -0.15) is 0 Å². The summed E-state index contributed by atoms with van der Waals surface area (Å²) in [5.41, 5.74) is 0.396. The lowest BCUT2D eigenvalue weighted by Gasteiger charge is -2.39. The van der Waals surface area contributed by atoms with Crippen LogP contribution < -0.4 is 0 Å². The first-order chi connectivity index (χ1) is 11.6. The summed E-state index contributed by atoms with van der Waals surface area (Å²) in [5.74, 6) is 0.890. The van der Waals surface area contributed by atoms with Crippen molar-refractivity contribution in [3.63, 3.8) is 0 Å². The smallest absolute Gasteiger partial charge is 0.333 e. The van der Waals surface area contributed by atoms with Gasteiger partial charge in [0.15, 0.2) is 0 Å². The highest BCUT2D eigenvalue weighted by molar-refractivity contribution is 5.86. The fraction of sp³-hybridized carbons (Fsp3) is 0.700. The summed E-state index contributed by atoms with van der Waals surface area (Å²) in [5, 5.41) is 0. The molecule has 0 aromatic carbocycles. The van der Waals surface area contributed by atoms with Crippen LogP contribution in [0.15, 0.2) is 24.5 Å². The lowest BCUT2D eigenvalue weighted by Crippen LogP contribution is -2.43. The Morgan fingerprint density at radius 2 is 1.84 bits per heavy atom. The topological polar surface area (TPSA) is 61.8 Å². The fourth-order valence-corrected chi connectivity index (χ4v) is 5.16. The van der Waals surface area contributed by atoms with Crippen molar-refractivity contribution in [1.82, 2.24) is 0 Å². The van der Waals surface area contributed by atoms with E-state index in [4.69, 9.17) is 14.2 Å². The number of ether oxygens (including phenoxy) is 3. The van der Waals surface area contributed by atoms with Gasteiger partial charge in [0.05, 0.1) is 11.7 Å². The van der Waals surface area contributed by atoms with Crippen molar-refractivity contribution >= 4 is 11.9 Å². The molecule has 0 aromatic heterocycles. The molecule has 6 unspecified atom stereocenters. The van der Waals surface area contributed by atoms with E-state index in [0.717, 1.165) is 12.2 Å². The summed E-state index contributed by atoms with van der Waals surface area (Å²) < 4.78 is 16.5. The summed E-state index contributed by atoms with van der Waals surface area (Å²) in [7, 11) is 0. The third-order valence-corrected chi connectivity index (χ3v) is 5.93. The van der Waals surface area contributed by atoms with Gasteiger partial charge in [0.1, 0.15) is 19.3 Å². The van der Waals surface area contributed by atoms with Gasteiger partial charge in [0, 0.05) is 23.3 Å². The van der Waals surface area contributed by atoms with Crippen LogP contribution in [0.25, 0.3) is 0 Å². The van der Waals surface area contributed by atoms with Crippen LogP contribution in [0, 0.1) is 35.0 Å². The molecule has 1 heterocycles. The van der Waals surface area contributed by atoms with E-state index < -0.39 is 5.97 Å². The van der Waals surface area contributed by atoms with Crippen LogP contribution >= 0.6 is 0 Å². The highest BCUT2D eigenvalue weighted by Crippen LogP contribution is 2.66. The number of carbonyl (C=O) groups is 2. The van der Waals surface area contributed by atoms with Crippen molar-refractivity contribution in [2.24, 2.45) is 35.0 Å². The Labute approximate surface area is 149 Å². The minimum Gasteiger partial charge on any atom is -0.494 e. The van der Waals surface area contributed by atoms with Gasteiger partial charge in [-0.15, -0.1) is 0 Å². The molecule has 138 valence electrons. The normalized spacial score (nSPS) is 35.4. The molecule has 3 fully saturated rings. The molecule has 2 saturated carbocycles. The van der Waals surface area contributed by atoms with Gasteiger partial charge in [-0.05, 0) is 24.7 Å². The van der Waals surface area contributed by atoms with E-state index in [1.165, 1.54) is 0 Å². The van der Waals surface area contributed by atoms with Gasteiger partial charge < -0.3 is 14.2 Å². The maximum atomic E-state index is 12.7. The molecule has 0 aromatic rings. The first-order valence-corrected chi connectivity index (χ1v) is 8.97. The highest BCUT2D eigenvalue weighted by Gasteiger charge is 2.68. The van der Waals surface area contributed by atoms with E-state index in [1.54, 1.807) is 6.92 Å². The van der Waals surface area contributed by atoms with Gasteiger partial charge in [0.25, 0.3) is 0 Å². The molecule has 2 aliphatic carbocycles. The van der Waals surface area contributed by atoms with E-state index in [9.17, 15) is 9.59 Å². The zero-order valence-corrected chi connectivity index (χ0v) is 15.5. The molecule has 0 spiro atoms. The van der Waals surface area contributed by atoms with Gasteiger partial charge in [0.2, 0.25) is 0 Å². The van der Waals surface area contributed by atoms with E-state index >= 15 is 0 Å². The van der Waals surface area contributed by atoms with Crippen molar-refractivity contribution in [2.75, 3.05) is 13.2 Å². The third kappa shape index (κ3) is 2.98. The molecule has 3 aliphatic rings. The summed E-state index contributed by atoms with van der Waals surface area (Å²) in [6.07, 6.45) is 1.18. The van der Waals surface area contributed by atoms with Crippen molar-refractivity contribution in [3.8, 4) is 0 Å². The second-order valence-corrected chi connectivity index (χ2v) is 8.64. The lowest BCUT2D eigenvalue weighted by molar-refractivity contribution is -0.157. The molecule has 6 atom stereocenters. The van der Waals surface area contributed by atoms with Crippen molar-refractivity contribution in [1.29, 1.82) is 0 Å². The zero-order valence-electron chi connectivity index (χ0n) is 15.5. The molecule has 0 amide bonds. The average molecular weight is 348 g/mol. The van der Waals surface area contributed by atoms with E-state index in [0.29, 0.717) is 17.4 Å². The van der Waals surface area contributed by atoms with Crippen molar-refractivity contribution in [2.45, 2.75) is 40.2 Å². The van der Waals surface area contributed by atoms with Gasteiger partial charge in [-0.3, -0.25) is 4.79 Å². The first kappa shape index (κ1) is 18.0. The highest BCUT2D eigenvalue weighted by atomic mass is 16.6. The van der Waals surface area contributed by atoms with Gasteiger partial charge in [-0.1, -0.05) is 33.9 Å². The maximum Gasteiger partial charge on any atom is 0.333 e. The molecular formula is C20H28O5. The number of allylic oxidation sites excluding steroid dienone is 1. The second-order valence-electron chi connectivity index (χ2n) is 8.64. The van der Waals surface area contributed by atoms with Crippen molar-refractivity contribution < 1.29 is 23.8 Å². The minimum atomic E-state index is -0.468. The number of hydrogen-bond donors (Lipinski definition) is 0. The van der Waals surface area contributed by atoms with Gasteiger partial charge >= 0.3 is 11.9 Å². The number of esters is 2. The predicted octanol–water partition coefficient (Wildman–Crippen LogP) is 3.11. The maximum absolute atomic E-state index is 12.7. The molecule has 2 bridgehead atoms. The summed E-state index contributed by atoms with van der Waals surface area (Å²) in [4.78, 5) is 24.1. The summed E-state index contributed by atoms with van der Waals surface area (Å²) >= 11 is 0.